The predicted octanol–water partition coefficient (Wildman–Crippen LogP) is 4.08. The van der Waals surface area contributed by atoms with E-state index in [1.54, 1.807) is 26.0 Å². The van der Waals surface area contributed by atoms with Gasteiger partial charge in [0.15, 0.2) is 0 Å². The van der Waals surface area contributed by atoms with Gasteiger partial charge in [0.05, 0.1) is 0 Å². The second kappa shape index (κ2) is 5.00. The Labute approximate surface area is 107 Å². The van der Waals surface area contributed by atoms with Crippen LogP contribution in [0.5, 0.6) is 0 Å². The molecule has 112 valence electrons. The second-order valence-electron chi connectivity index (χ2n) is 5.28. The smallest absolute Gasteiger partial charge is 0.374 e. The molecule has 1 aliphatic rings. The van der Waals surface area contributed by atoms with Crippen molar-refractivity contribution in [1.82, 2.24) is 0 Å². The molecule has 1 N–H and O–H groups in total. The van der Waals surface area contributed by atoms with Gasteiger partial charge in [0.25, 0.3) is 5.60 Å². The first-order chi connectivity index (χ1) is 8.38. The monoisotopic (exact) mass is 290 g/mol. The van der Waals surface area contributed by atoms with Gasteiger partial charge in [-0.3, -0.25) is 0 Å². The molecule has 0 saturated heterocycles. The number of hydrogen-bond donors (Lipinski definition) is 1. The highest BCUT2D eigenvalue weighted by molar-refractivity contribution is 5.03. The van der Waals surface area contributed by atoms with E-state index in [2.05, 4.69) is 0 Å². The first-order valence-electron chi connectivity index (χ1n) is 5.92. The molecule has 1 aliphatic carbocycles. The summed E-state index contributed by atoms with van der Waals surface area (Å²) in [4.78, 5) is 0. The second-order valence-corrected chi connectivity index (χ2v) is 5.28. The van der Waals surface area contributed by atoms with Crippen LogP contribution in [0.2, 0.25) is 0 Å². The summed E-state index contributed by atoms with van der Waals surface area (Å²) in [6, 6.07) is 0. The van der Waals surface area contributed by atoms with Crippen LogP contribution in [0.25, 0.3) is 0 Å². The van der Waals surface area contributed by atoms with Crippen molar-refractivity contribution in [2.24, 2.45) is 17.8 Å². The van der Waals surface area contributed by atoms with Crippen LogP contribution in [0.4, 0.5) is 26.3 Å². The maximum absolute atomic E-state index is 12.6. The summed E-state index contributed by atoms with van der Waals surface area (Å²) < 4.78 is 75.5. The molecule has 0 aromatic heterocycles. The summed E-state index contributed by atoms with van der Waals surface area (Å²) in [5, 5.41) is 9.17. The highest BCUT2D eigenvalue weighted by Gasteiger charge is 2.70. The molecule has 1 nitrogen and oxygen atoms in total. The molecule has 19 heavy (non-hydrogen) atoms. The standard InChI is InChI=1S/C12H16F6O/c1-7-3-4-8(2)9(5-7)6-10(19,11(13,14)15)12(16,17)18/h3-4,7-9,19H,5-6H2,1-2H3. The summed E-state index contributed by atoms with van der Waals surface area (Å²) in [7, 11) is 0. The minimum Gasteiger partial charge on any atom is -0.374 e. The normalized spacial score (nSPS) is 29.6. The molecule has 1 rings (SSSR count). The van der Waals surface area contributed by atoms with Crippen molar-refractivity contribution in [1.29, 1.82) is 0 Å². The van der Waals surface area contributed by atoms with Crippen molar-refractivity contribution in [3.8, 4) is 0 Å². The Hall–Kier alpha value is -0.720. The third-order valence-corrected chi connectivity index (χ3v) is 3.66. The number of alkyl halides is 6. The Morgan fingerprint density at radius 3 is 1.89 bits per heavy atom. The summed E-state index contributed by atoms with van der Waals surface area (Å²) >= 11 is 0. The van der Waals surface area contributed by atoms with Crippen molar-refractivity contribution in [2.45, 2.75) is 44.6 Å². The lowest BCUT2D eigenvalue weighted by Crippen LogP contribution is -2.58. The van der Waals surface area contributed by atoms with Crippen LogP contribution < -0.4 is 0 Å². The molecular formula is C12H16F6O. The lowest BCUT2D eigenvalue weighted by Gasteiger charge is -2.38. The Kier molecular flexibility index (Phi) is 4.29. The van der Waals surface area contributed by atoms with Gasteiger partial charge < -0.3 is 5.11 Å². The zero-order valence-electron chi connectivity index (χ0n) is 10.5. The number of rotatable bonds is 2. The van der Waals surface area contributed by atoms with Gasteiger partial charge in [-0.25, -0.2) is 0 Å². The Morgan fingerprint density at radius 2 is 1.47 bits per heavy atom. The quantitative estimate of drug-likeness (QED) is 0.600. The van der Waals surface area contributed by atoms with Crippen LogP contribution >= 0.6 is 0 Å². The molecule has 0 heterocycles. The molecule has 0 radical (unpaired) electrons. The third-order valence-electron chi connectivity index (χ3n) is 3.66. The topological polar surface area (TPSA) is 20.2 Å². The molecular weight excluding hydrogens is 274 g/mol. The fraction of sp³-hybridized carbons (Fsp3) is 0.833. The van der Waals surface area contributed by atoms with Gasteiger partial charge in [-0.15, -0.1) is 0 Å². The largest absolute Gasteiger partial charge is 0.426 e. The molecule has 0 fully saturated rings. The van der Waals surface area contributed by atoms with E-state index in [4.69, 9.17) is 5.11 Å². The maximum Gasteiger partial charge on any atom is 0.426 e. The van der Waals surface area contributed by atoms with Crippen LogP contribution in [-0.2, 0) is 0 Å². The molecule has 0 aromatic rings. The summed E-state index contributed by atoms with van der Waals surface area (Å²) in [6.07, 6.45) is -9.24. The molecule has 7 heteroatoms. The van der Waals surface area contributed by atoms with E-state index in [1.807, 2.05) is 0 Å². The highest BCUT2D eigenvalue weighted by atomic mass is 19.4. The molecule has 0 amide bonds. The van der Waals surface area contributed by atoms with Crippen LogP contribution in [0.3, 0.4) is 0 Å². The molecule has 0 spiro atoms. The van der Waals surface area contributed by atoms with Gasteiger partial charge in [0.2, 0.25) is 0 Å². The lowest BCUT2D eigenvalue weighted by atomic mass is 9.74. The zero-order chi connectivity index (χ0) is 15.1. The van der Waals surface area contributed by atoms with Crippen molar-refractivity contribution in [3.05, 3.63) is 12.2 Å². The van der Waals surface area contributed by atoms with Crippen LogP contribution in [0, 0.1) is 17.8 Å². The van der Waals surface area contributed by atoms with Crippen molar-refractivity contribution < 1.29 is 31.4 Å². The fourth-order valence-electron chi connectivity index (χ4n) is 2.33. The number of allylic oxidation sites excluding steroid dienone is 2. The maximum atomic E-state index is 12.6. The van der Waals surface area contributed by atoms with Crippen molar-refractivity contribution in [3.63, 3.8) is 0 Å². The third kappa shape index (κ3) is 3.24. The summed E-state index contributed by atoms with van der Waals surface area (Å²) in [5.41, 5.74) is -4.64. The number of halogens is 6. The number of aliphatic hydroxyl groups is 1. The van der Waals surface area contributed by atoms with E-state index >= 15 is 0 Å². The molecule has 0 saturated carbocycles. The molecule has 0 bridgehead atoms. The van der Waals surface area contributed by atoms with E-state index in [0.29, 0.717) is 0 Å². The summed E-state index contributed by atoms with van der Waals surface area (Å²) in [5.74, 6) is -1.37. The average Bonchev–Trinajstić information content (AvgIpc) is 2.20. The zero-order valence-corrected chi connectivity index (χ0v) is 10.5. The molecule has 0 aliphatic heterocycles. The Morgan fingerprint density at radius 1 is 1.00 bits per heavy atom. The van der Waals surface area contributed by atoms with E-state index in [0.717, 1.165) is 0 Å². The van der Waals surface area contributed by atoms with Gasteiger partial charge in [0.1, 0.15) is 0 Å². The van der Waals surface area contributed by atoms with E-state index < -0.39 is 36.2 Å². The first kappa shape index (κ1) is 16.3. The van der Waals surface area contributed by atoms with Gasteiger partial charge >= 0.3 is 12.4 Å². The van der Waals surface area contributed by atoms with Gasteiger partial charge in [-0.1, -0.05) is 26.0 Å². The Bertz CT molecular complexity index is 329. The molecule has 0 aromatic carbocycles. The highest BCUT2D eigenvalue weighted by Crippen LogP contribution is 2.49. The van der Waals surface area contributed by atoms with Gasteiger partial charge in [-0.2, -0.15) is 26.3 Å². The van der Waals surface area contributed by atoms with Crippen molar-refractivity contribution in [2.75, 3.05) is 0 Å². The van der Waals surface area contributed by atoms with Gasteiger partial charge in [0, 0.05) is 0 Å². The van der Waals surface area contributed by atoms with E-state index in [-0.39, 0.29) is 12.3 Å². The van der Waals surface area contributed by atoms with Crippen LogP contribution in [0.15, 0.2) is 12.2 Å². The first-order valence-corrected chi connectivity index (χ1v) is 5.92. The Balaban J connectivity index is 3.01. The van der Waals surface area contributed by atoms with Crippen molar-refractivity contribution >= 4 is 0 Å². The summed E-state index contributed by atoms with van der Waals surface area (Å²) in [6.45, 7) is 3.27. The molecule has 3 unspecified atom stereocenters. The minimum absolute atomic E-state index is 0.0908. The SMILES string of the molecule is CC1C=CC(C)C(CC(O)(C(F)(F)F)C(F)(F)F)C1. The van der Waals surface area contributed by atoms with Crippen LogP contribution in [-0.4, -0.2) is 23.1 Å². The van der Waals surface area contributed by atoms with E-state index in [1.165, 1.54) is 0 Å². The average molecular weight is 290 g/mol. The van der Waals surface area contributed by atoms with E-state index in [9.17, 15) is 26.3 Å². The lowest BCUT2D eigenvalue weighted by molar-refractivity contribution is -0.373. The fourth-order valence-corrected chi connectivity index (χ4v) is 2.33. The predicted molar refractivity (Wildman–Crippen MR) is 57.3 cm³/mol. The molecule has 3 atom stereocenters. The minimum atomic E-state index is -5.73. The van der Waals surface area contributed by atoms with Gasteiger partial charge in [-0.05, 0) is 30.6 Å². The van der Waals surface area contributed by atoms with Crippen LogP contribution in [0.1, 0.15) is 26.7 Å². The number of hydrogen-bond acceptors (Lipinski definition) is 1.